The van der Waals surface area contributed by atoms with Crippen molar-refractivity contribution in [1.82, 2.24) is 10.2 Å². The van der Waals surface area contributed by atoms with Crippen LogP contribution in [0.2, 0.25) is 0 Å². The number of rotatable bonds is 4. The highest BCUT2D eigenvalue weighted by Gasteiger charge is 2.34. The van der Waals surface area contributed by atoms with Gasteiger partial charge in [-0.05, 0) is 44.7 Å². The molecular weight excluding hydrogens is 267 g/mol. The highest BCUT2D eigenvalue weighted by atomic mass is 19.1. The van der Waals surface area contributed by atoms with E-state index >= 15 is 0 Å². The first-order valence-corrected chi connectivity index (χ1v) is 7.97. The monoisotopic (exact) mass is 292 g/mol. The van der Waals surface area contributed by atoms with Gasteiger partial charge in [0.05, 0.1) is 7.11 Å². The van der Waals surface area contributed by atoms with E-state index in [2.05, 4.69) is 17.1 Å². The van der Waals surface area contributed by atoms with Crippen molar-refractivity contribution >= 4 is 0 Å². The summed E-state index contributed by atoms with van der Waals surface area (Å²) in [5.41, 5.74) is 0.763. The van der Waals surface area contributed by atoms with Crippen LogP contribution in [0, 0.1) is 11.7 Å². The molecule has 2 fully saturated rings. The van der Waals surface area contributed by atoms with Crippen molar-refractivity contribution < 1.29 is 9.13 Å². The summed E-state index contributed by atoms with van der Waals surface area (Å²) in [5.74, 6) is 1.25. The highest BCUT2D eigenvalue weighted by molar-refractivity contribution is 5.29. The summed E-state index contributed by atoms with van der Waals surface area (Å²) < 4.78 is 19.2. The van der Waals surface area contributed by atoms with E-state index in [0.29, 0.717) is 24.4 Å². The van der Waals surface area contributed by atoms with Crippen molar-refractivity contribution in [3.05, 3.63) is 29.6 Å². The molecule has 116 valence electrons. The Bertz CT molecular complexity index is 490. The Morgan fingerprint density at radius 1 is 1.33 bits per heavy atom. The van der Waals surface area contributed by atoms with Crippen molar-refractivity contribution in [2.45, 2.75) is 44.8 Å². The number of nitrogens with zero attached hydrogens (tertiary/aromatic N) is 1. The second-order valence-corrected chi connectivity index (χ2v) is 6.42. The molecule has 0 amide bonds. The van der Waals surface area contributed by atoms with Gasteiger partial charge >= 0.3 is 0 Å². The van der Waals surface area contributed by atoms with Gasteiger partial charge in [0.25, 0.3) is 0 Å². The molecule has 0 spiro atoms. The average molecular weight is 292 g/mol. The lowest BCUT2D eigenvalue weighted by molar-refractivity contribution is 0.188. The van der Waals surface area contributed by atoms with Gasteiger partial charge in [-0.3, -0.25) is 4.90 Å². The Labute approximate surface area is 126 Å². The third-order valence-electron chi connectivity index (χ3n) is 4.85. The minimum absolute atomic E-state index is 0.165. The summed E-state index contributed by atoms with van der Waals surface area (Å²) in [7, 11) is 1.57. The van der Waals surface area contributed by atoms with Gasteiger partial charge in [-0.25, -0.2) is 4.39 Å². The lowest BCUT2D eigenvalue weighted by Gasteiger charge is -2.29. The van der Waals surface area contributed by atoms with Crippen molar-refractivity contribution in [3.8, 4) is 5.75 Å². The fraction of sp³-hybridized carbons (Fsp3) is 0.647. The van der Waals surface area contributed by atoms with Crippen LogP contribution in [0.3, 0.4) is 0 Å². The smallest absolute Gasteiger partial charge is 0.131 e. The first-order chi connectivity index (χ1) is 10.2. The summed E-state index contributed by atoms with van der Waals surface area (Å²) in [6.07, 6.45) is 3.81. The van der Waals surface area contributed by atoms with Gasteiger partial charge in [0.15, 0.2) is 0 Å². The number of halogens is 1. The maximum atomic E-state index is 14.2. The molecule has 1 heterocycles. The average Bonchev–Trinajstić information content (AvgIpc) is 3.30. The molecule has 0 aromatic heterocycles. The third-order valence-corrected chi connectivity index (χ3v) is 4.85. The number of hydrogen-bond acceptors (Lipinski definition) is 3. The number of ether oxygens (including phenoxy) is 1. The van der Waals surface area contributed by atoms with Gasteiger partial charge < -0.3 is 10.1 Å². The topological polar surface area (TPSA) is 24.5 Å². The lowest BCUT2D eigenvalue weighted by atomic mass is 10.1. The maximum Gasteiger partial charge on any atom is 0.131 e. The number of methoxy groups -OCH3 is 1. The van der Waals surface area contributed by atoms with E-state index in [1.165, 1.54) is 18.9 Å². The molecule has 1 aromatic rings. The highest BCUT2D eigenvalue weighted by Crippen LogP contribution is 2.34. The molecule has 1 saturated heterocycles. The van der Waals surface area contributed by atoms with E-state index in [0.717, 1.165) is 31.0 Å². The Kier molecular flexibility index (Phi) is 4.45. The van der Waals surface area contributed by atoms with Crippen LogP contribution in [0.1, 0.15) is 31.7 Å². The van der Waals surface area contributed by atoms with Gasteiger partial charge in [0, 0.05) is 36.8 Å². The standard InChI is InChI=1S/C17H25FN2O/c1-12-7-8-19-17(13-3-4-13)11-20(12)10-14-5-6-15(21-2)9-16(14)18/h5-6,9,12-13,17,19H,3-4,7-8,10-11H2,1-2H3. The van der Waals surface area contributed by atoms with E-state index in [9.17, 15) is 4.39 Å². The molecule has 1 aliphatic carbocycles. The zero-order valence-electron chi connectivity index (χ0n) is 12.9. The van der Waals surface area contributed by atoms with Gasteiger partial charge in [0.2, 0.25) is 0 Å². The van der Waals surface area contributed by atoms with Crippen LogP contribution in [0.15, 0.2) is 18.2 Å². The Morgan fingerprint density at radius 2 is 2.14 bits per heavy atom. The first kappa shape index (κ1) is 14.8. The predicted octanol–water partition coefficient (Wildman–Crippen LogP) is 2.80. The molecule has 0 radical (unpaired) electrons. The SMILES string of the molecule is COc1ccc(CN2CC(C3CC3)NCCC2C)c(F)c1. The first-order valence-electron chi connectivity index (χ1n) is 7.97. The summed E-state index contributed by atoms with van der Waals surface area (Å²) in [5, 5.41) is 3.67. The van der Waals surface area contributed by atoms with E-state index < -0.39 is 0 Å². The van der Waals surface area contributed by atoms with Crippen LogP contribution in [-0.2, 0) is 6.54 Å². The van der Waals surface area contributed by atoms with Gasteiger partial charge in [0.1, 0.15) is 11.6 Å². The number of nitrogens with one attached hydrogen (secondary N) is 1. The van der Waals surface area contributed by atoms with E-state index in [-0.39, 0.29) is 5.82 Å². The summed E-state index contributed by atoms with van der Waals surface area (Å²) in [6.45, 7) is 5.03. The second kappa shape index (κ2) is 6.32. The van der Waals surface area contributed by atoms with Gasteiger partial charge in [-0.1, -0.05) is 6.07 Å². The summed E-state index contributed by atoms with van der Waals surface area (Å²) in [4.78, 5) is 2.42. The van der Waals surface area contributed by atoms with Gasteiger partial charge in [-0.15, -0.1) is 0 Å². The molecule has 1 saturated carbocycles. The minimum atomic E-state index is -0.165. The fourth-order valence-corrected chi connectivity index (χ4v) is 3.19. The molecule has 2 aliphatic rings. The lowest BCUT2D eigenvalue weighted by Crippen LogP contribution is -2.41. The molecule has 1 aliphatic heterocycles. The molecule has 3 rings (SSSR count). The molecule has 2 atom stereocenters. The molecule has 4 heteroatoms. The quantitative estimate of drug-likeness (QED) is 0.923. The Morgan fingerprint density at radius 3 is 2.81 bits per heavy atom. The van der Waals surface area contributed by atoms with E-state index in [1.807, 2.05) is 12.1 Å². The molecular formula is C17H25FN2O. The molecule has 2 unspecified atom stereocenters. The zero-order chi connectivity index (χ0) is 14.8. The van der Waals surface area contributed by atoms with Crippen LogP contribution in [0.5, 0.6) is 5.75 Å². The van der Waals surface area contributed by atoms with Crippen LogP contribution >= 0.6 is 0 Å². The number of benzene rings is 1. The Balaban J connectivity index is 1.71. The van der Waals surface area contributed by atoms with Crippen LogP contribution in [0.4, 0.5) is 4.39 Å². The molecule has 1 N–H and O–H groups in total. The Hall–Kier alpha value is -1.13. The largest absolute Gasteiger partial charge is 0.497 e. The molecule has 3 nitrogen and oxygen atoms in total. The van der Waals surface area contributed by atoms with Crippen molar-refractivity contribution in [3.63, 3.8) is 0 Å². The maximum absolute atomic E-state index is 14.2. The molecule has 21 heavy (non-hydrogen) atoms. The van der Waals surface area contributed by atoms with Crippen molar-refractivity contribution in [1.29, 1.82) is 0 Å². The van der Waals surface area contributed by atoms with Crippen LogP contribution < -0.4 is 10.1 Å². The van der Waals surface area contributed by atoms with Crippen LogP contribution in [-0.4, -0.2) is 37.2 Å². The summed E-state index contributed by atoms with van der Waals surface area (Å²) >= 11 is 0. The van der Waals surface area contributed by atoms with Crippen LogP contribution in [0.25, 0.3) is 0 Å². The van der Waals surface area contributed by atoms with Crippen molar-refractivity contribution in [2.75, 3.05) is 20.2 Å². The molecule has 1 aromatic carbocycles. The summed E-state index contributed by atoms with van der Waals surface area (Å²) in [6, 6.07) is 6.25. The molecule has 0 bridgehead atoms. The minimum Gasteiger partial charge on any atom is -0.497 e. The fourth-order valence-electron chi connectivity index (χ4n) is 3.19. The number of hydrogen-bond donors (Lipinski definition) is 1. The normalized spacial score (nSPS) is 27.4. The zero-order valence-corrected chi connectivity index (χ0v) is 12.9. The van der Waals surface area contributed by atoms with E-state index in [1.54, 1.807) is 7.11 Å². The third kappa shape index (κ3) is 3.55. The van der Waals surface area contributed by atoms with Crippen molar-refractivity contribution in [2.24, 2.45) is 5.92 Å². The second-order valence-electron chi connectivity index (χ2n) is 6.42. The predicted molar refractivity (Wildman–Crippen MR) is 82.0 cm³/mol. The van der Waals surface area contributed by atoms with E-state index in [4.69, 9.17) is 4.74 Å². The van der Waals surface area contributed by atoms with Gasteiger partial charge in [-0.2, -0.15) is 0 Å².